The number of phenolic OH excluding ortho intramolecular Hbond substituents is 1. The van der Waals surface area contributed by atoms with Crippen LogP contribution in [0.3, 0.4) is 0 Å². The zero-order valence-electron chi connectivity index (χ0n) is 17.0. The van der Waals surface area contributed by atoms with E-state index in [9.17, 15) is 9.90 Å². The monoisotopic (exact) mass is 432 g/mol. The van der Waals surface area contributed by atoms with E-state index in [2.05, 4.69) is 10.3 Å². The van der Waals surface area contributed by atoms with Gasteiger partial charge in [0.2, 0.25) is 0 Å². The van der Waals surface area contributed by atoms with Crippen LogP contribution >= 0.6 is 11.3 Å². The van der Waals surface area contributed by atoms with Crippen molar-refractivity contribution in [3.8, 4) is 27.8 Å². The number of anilines is 1. The lowest BCUT2D eigenvalue weighted by molar-refractivity contribution is 0.104. The molecule has 0 radical (unpaired) electrons. The van der Waals surface area contributed by atoms with Gasteiger partial charge in [0.05, 0.1) is 24.4 Å². The lowest BCUT2D eigenvalue weighted by atomic mass is 10.1. The second-order valence-corrected chi connectivity index (χ2v) is 7.69. The van der Waals surface area contributed by atoms with Gasteiger partial charge < -0.3 is 19.9 Å². The van der Waals surface area contributed by atoms with Crippen molar-refractivity contribution in [2.24, 2.45) is 0 Å². The quantitative estimate of drug-likeness (QED) is 0.297. The minimum Gasteiger partial charge on any atom is -0.504 e. The van der Waals surface area contributed by atoms with Gasteiger partial charge in [-0.05, 0) is 60.7 Å². The number of allylic oxidation sites excluding steroid dienone is 1. The molecular weight excluding hydrogens is 412 g/mol. The number of rotatable bonds is 7. The number of nitrogens with one attached hydrogen (secondary N) is 1. The average Bonchev–Trinajstić information content (AvgIpc) is 3.22. The molecule has 1 heterocycles. The maximum absolute atomic E-state index is 12.3. The summed E-state index contributed by atoms with van der Waals surface area (Å²) in [6, 6.07) is 18.2. The van der Waals surface area contributed by atoms with Gasteiger partial charge in [0.15, 0.2) is 17.3 Å². The van der Waals surface area contributed by atoms with Gasteiger partial charge in [-0.3, -0.25) is 4.79 Å². The lowest BCUT2D eigenvalue weighted by Gasteiger charge is -2.04. The van der Waals surface area contributed by atoms with Gasteiger partial charge in [-0.2, -0.15) is 0 Å². The normalized spacial score (nSPS) is 11.0. The first-order chi connectivity index (χ1) is 15.1. The molecule has 0 aliphatic carbocycles. The van der Waals surface area contributed by atoms with E-state index >= 15 is 0 Å². The number of carbonyl (C=O) groups is 1. The molecule has 1 aromatic heterocycles. The van der Waals surface area contributed by atoms with Crippen molar-refractivity contribution in [2.75, 3.05) is 19.5 Å². The topological polar surface area (TPSA) is 80.7 Å². The molecule has 0 aliphatic heterocycles. The summed E-state index contributed by atoms with van der Waals surface area (Å²) in [5, 5.41) is 13.8. The number of phenols is 1. The number of carbonyl (C=O) groups excluding carboxylic acids is 1. The van der Waals surface area contributed by atoms with E-state index in [1.165, 1.54) is 19.3 Å². The first-order valence-electron chi connectivity index (χ1n) is 9.47. The Hall–Kier alpha value is -3.84. The zero-order chi connectivity index (χ0) is 21.8. The third-order valence-electron chi connectivity index (χ3n) is 4.68. The number of hydrogen-bond acceptors (Lipinski definition) is 7. The number of ketones is 1. The van der Waals surface area contributed by atoms with Crippen molar-refractivity contribution >= 4 is 33.0 Å². The van der Waals surface area contributed by atoms with Crippen LogP contribution in [0.1, 0.15) is 10.4 Å². The molecule has 0 bridgehead atoms. The molecule has 4 aromatic rings. The van der Waals surface area contributed by atoms with Gasteiger partial charge in [0.25, 0.3) is 0 Å². The number of benzene rings is 3. The summed E-state index contributed by atoms with van der Waals surface area (Å²) < 4.78 is 11.3. The summed E-state index contributed by atoms with van der Waals surface area (Å²) in [7, 11) is 3.11. The van der Waals surface area contributed by atoms with E-state index in [0.717, 1.165) is 32.2 Å². The lowest BCUT2D eigenvalue weighted by Crippen LogP contribution is -1.97. The summed E-state index contributed by atoms with van der Waals surface area (Å²) in [4.78, 5) is 16.9. The van der Waals surface area contributed by atoms with E-state index in [1.54, 1.807) is 36.8 Å². The molecule has 0 aliphatic rings. The van der Waals surface area contributed by atoms with Crippen LogP contribution in [0.25, 0.3) is 20.8 Å². The molecule has 0 spiro atoms. The Morgan fingerprint density at radius 3 is 2.55 bits per heavy atom. The Morgan fingerprint density at radius 1 is 1.03 bits per heavy atom. The van der Waals surface area contributed by atoms with E-state index in [0.29, 0.717) is 11.3 Å². The molecule has 156 valence electrons. The van der Waals surface area contributed by atoms with Gasteiger partial charge in [-0.25, -0.2) is 4.98 Å². The second-order valence-electron chi connectivity index (χ2n) is 6.66. The molecule has 3 aromatic carbocycles. The van der Waals surface area contributed by atoms with Crippen molar-refractivity contribution in [3.05, 3.63) is 78.5 Å². The summed E-state index contributed by atoms with van der Waals surface area (Å²) >= 11 is 1.61. The zero-order valence-corrected chi connectivity index (χ0v) is 17.8. The largest absolute Gasteiger partial charge is 0.504 e. The molecule has 0 atom stereocenters. The maximum atomic E-state index is 12.3. The van der Waals surface area contributed by atoms with E-state index in [4.69, 9.17) is 9.47 Å². The predicted molar refractivity (Wildman–Crippen MR) is 123 cm³/mol. The van der Waals surface area contributed by atoms with Gasteiger partial charge in [-0.1, -0.05) is 0 Å². The van der Waals surface area contributed by atoms with Gasteiger partial charge in [0.1, 0.15) is 10.8 Å². The molecular formula is C24H20N2O4S. The van der Waals surface area contributed by atoms with Crippen molar-refractivity contribution < 1.29 is 19.4 Å². The van der Waals surface area contributed by atoms with Crippen LogP contribution in [0.2, 0.25) is 0 Å². The minimum absolute atomic E-state index is 0.0708. The number of methoxy groups -OCH3 is 2. The first-order valence-corrected chi connectivity index (χ1v) is 10.3. The van der Waals surface area contributed by atoms with Gasteiger partial charge in [0, 0.05) is 29.1 Å². The number of thiazole rings is 1. The van der Waals surface area contributed by atoms with Crippen LogP contribution in [0.15, 0.2) is 72.9 Å². The molecule has 31 heavy (non-hydrogen) atoms. The van der Waals surface area contributed by atoms with Crippen LogP contribution in [0.5, 0.6) is 17.2 Å². The molecule has 0 unspecified atom stereocenters. The Kier molecular flexibility index (Phi) is 5.86. The summed E-state index contributed by atoms with van der Waals surface area (Å²) in [5.41, 5.74) is 3.17. The highest BCUT2D eigenvalue weighted by Gasteiger charge is 2.08. The Bertz CT molecular complexity index is 1260. The summed E-state index contributed by atoms with van der Waals surface area (Å²) in [5.74, 6) is 0.838. The van der Waals surface area contributed by atoms with Crippen molar-refractivity contribution in [3.63, 3.8) is 0 Å². The van der Waals surface area contributed by atoms with Crippen molar-refractivity contribution in [1.29, 1.82) is 0 Å². The molecule has 0 saturated carbocycles. The molecule has 4 rings (SSSR count). The number of ether oxygens (including phenoxy) is 2. The highest BCUT2D eigenvalue weighted by molar-refractivity contribution is 7.21. The van der Waals surface area contributed by atoms with Crippen LogP contribution < -0.4 is 14.8 Å². The molecule has 0 amide bonds. The smallest absolute Gasteiger partial charge is 0.187 e. The van der Waals surface area contributed by atoms with Crippen LogP contribution in [-0.4, -0.2) is 30.1 Å². The van der Waals surface area contributed by atoms with Crippen molar-refractivity contribution in [1.82, 2.24) is 4.98 Å². The Morgan fingerprint density at radius 2 is 1.84 bits per heavy atom. The SMILES string of the molecule is COc1ccc2nc(-c3ccc(N/C=C\C(=O)c4ccc(OC)c(O)c4)cc3)sc2c1. The van der Waals surface area contributed by atoms with Crippen LogP contribution in [0.4, 0.5) is 5.69 Å². The molecule has 0 fully saturated rings. The highest BCUT2D eigenvalue weighted by atomic mass is 32.1. The van der Waals surface area contributed by atoms with E-state index in [-0.39, 0.29) is 11.5 Å². The molecule has 0 saturated heterocycles. The number of fused-ring (bicyclic) bond motifs is 1. The molecule has 2 N–H and O–H groups in total. The fraction of sp³-hybridized carbons (Fsp3) is 0.0833. The number of aromatic nitrogens is 1. The van der Waals surface area contributed by atoms with Gasteiger partial charge in [-0.15, -0.1) is 11.3 Å². The highest BCUT2D eigenvalue weighted by Crippen LogP contribution is 2.32. The number of hydrogen-bond donors (Lipinski definition) is 2. The van der Waals surface area contributed by atoms with Gasteiger partial charge >= 0.3 is 0 Å². The second kappa shape index (κ2) is 8.89. The van der Waals surface area contributed by atoms with E-state index in [1.807, 2.05) is 42.5 Å². The fourth-order valence-corrected chi connectivity index (χ4v) is 4.02. The molecule has 6 nitrogen and oxygen atoms in total. The maximum Gasteiger partial charge on any atom is 0.187 e. The van der Waals surface area contributed by atoms with Crippen LogP contribution in [0, 0.1) is 0 Å². The molecule has 7 heteroatoms. The third kappa shape index (κ3) is 4.51. The summed E-state index contributed by atoms with van der Waals surface area (Å²) in [6.45, 7) is 0. The van der Waals surface area contributed by atoms with E-state index < -0.39 is 0 Å². The van der Waals surface area contributed by atoms with Crippen LogP contribution in [-0.2, 0) is 0 Å². The predicted octanol–water partition coefficient (Wildman–Crippen LogP) is 5.49. The fourth-order valence-electron chi connectivity index (χ4n) is 3.02. The number of nitrogens with zero attached hydrogens (tertiary/aromatic N) is 1. The Labute approximate surface area is 183 Å². The first kappa shape index (κ1) is 20.4. The standard InChI is InChI=1S/C24H20N2O4S/c1-29-18-8-9-19-23(14-18)31-24(26-19)15-3-6-17(7-4-15)25-12-11-20(27)16-5-10-22(30-2)21(28)13-16/h3-14,25,28H,1-2H3/b12-11-. The minimum atomic E-state index is -0.230. The average molecular weight is 433 g/mol. The Balaban J connectivity index is 1.42. The third-order valence-corrected chi connectivity index (χ3v) is 5.74. The number of aromatic hydroxyl groups is 1. The summed E-state index contributed by atoms with van der Waals surface area (Å²) in [6.07, 6.45) is 2.98. The van der Waals surface area contributed by atoms with Crippen molar-refractivity contribution in [2.45, 2.75) is 0 Å².